The third-order valence-corrected chi connectivity index (χ3v) is 5.34. The van der Waals surface area contributed by atoms with Gasteiger partial charge in [-0.15, -0.1) is 0 Å². The Morgan fingerprint density at radius 2 is 1.79 bits per heavy atom. The van der Waals surface area contributed by atoms with E-state index in [4.69, 9.17) is 0 Å². The zero-order chi connectivity index (χ0) is 19.5. The summed E-state index contributed by atoms with van der Waals surface area (Å²) in [4.78, 5) is 30.2. The lowest BCUT2D eigenvalue weighted by Crippen LogP contribution is -2.39. The van der Waals surface area contributed by atoms with Gasteiger partial charge in [0.15, 0.2) is 0 Å². The summed E-state index contributed by atoms with van der Waals surface area (Å²) in [6, 6.07) is 15.3. The van der Waals surface area contributed by atoms with Gasteiger partial charge in [-0.1, -0.05) is 12.1 Å². The molecule has 0 bridgehead atoms. The van der Waals surface area contributed by atoms with Gasteiger partial charge in [-0.05, 0) is 55.2 Å². The van der Waals surface area contributed by atoms with E-state index in [9.17, 15) is 9.59 Å². The van der Waals surface area contributed by atoms with Crippen molar-refractivity contribution >= 4 is 28.5 Å². The lowest BCUT2D eigenvalue weighted by Gasteiger charge is -2.32. The first-order valence-electron chi connectivity index (χ1n) is 9.67. The molecule has 1 aliphatic heterocycles. The highest BCUT2D eigenvalue weighted by atomic mass is 16.2. The molecule has 0 saturated carbocycles. The van der Waals surface area contributed by atoms with Gasteiger partial charge in [0.1, 0.15) is 0 Å². The molecule has 6 nitrogen and oxygen atoms in total. The molecule has 0 spiro atoms. The summed E-state index contributed by atoms with van der Waals surface area (Å²) in [6.45, 7) is 3.94. The van der Waals surface area contributed by atoms with E-state index in [0.717, 1.165) is 38.0 Å². The van der Waals surface area contributed by atoms with E-state index in [1.807, 2.05) is 29.4 Å². The summed E-state index contributed by atoms with van der Waals surface area (Å²) in [6.07, 6.45) is 3.89. The average molecular weight is 376 g/mol. The van der Waals surface area contributed by atoms with Gasteiger partial charge < -0.3 is 14.8 Å². The predicted molar refractivity (Wildman–Crippen MR) is 109 cm³/mol. The van der Waals surface area contributed by atoms with Crippen molar-refractivity contribution in [3.8, 4) is 0 Å². The fraction of sp³-hybridized carbons (Fsp3) is 0.318. The molecule has 1 aromatic heterocycles. The maximum Gasteiger partial charge on any atom is 0.253 e. The van der Waals surface area contributed by atoms with Crippen LogP contribution in [0.25, 0.3) is 11.0 Å². The topological polar surface area (TPSA) is 67.2 Å². The fourth-order valence-electron chi connectivity index (χ4n) is 3.83. The predicted octanol–water partition coefficient (Wildman–Crippen LogP) is 3.55. The zero-order valence-corrected chi connectivity index (χ0v) is 16.0. The van der Waals surface area contributed by atoms with E-state index < -0.39 is 0 Å². The minimum Gasteiger partial charge on any atom is -0.339 e. The van der Waals surface area contributed by atoms with Crippen molar-refractivity contribution in [2.75, 3.05) is 18.4 Å². The number of amides is 2. The maximum absolute atomic E-state index is 12.8. The normalized spacial score (nSPS) is 15.0. The van der Waals surface area contributed by atoms with Crippen molar-refractivity contribution in [3.63, 3.8) is 0 Å². The summed E-state index contributed by atoms with van der Waals surface area (Å²) in [5, 5.41) is 2.72. The lowest BCUT2D eigenvalue weighted by atomic mass is 9.96. The van der Waals surface area contributed by atoms with E-state index in [1.165, 1.54) is 12.4 Å². The summed E-state index contributed by atoms with van der Waals surface area (Å²) in [5.41, 5.74) is 3.56. The molecule has 0 atom stereocenters. The Morgan fingerprint density at radius 1 is 1.07 bits per heavy atom. The molecular weight excluding hydrogens is 352 g/mol. The van der Waals surface area contributed by atoms with E-state index >= 15 is 0 Å². The number of nitrogens with zero attached hydrogens (tertiary/aromatic N) is 3. The van der Waals surface area contributed by atoms with E-state index in [0.29, 0.717) is 17.2 Å². The Kier molecular flexibility index (Phi) is 5.10. The summed E-state index contributed by atoms with van der Waals surface area (Å²) in [7, 11) is 0. The van der Waals surface area contributed by atoms with Crippen LogP contribution < -0.4 is 5.32 Å². The molecule has 2 aromatic carbocycles. The second-order valence-corrected chi connectivity index (χ2v) is 7.38. The fourth-order valence-corrected chi connectivity index (χ4v) is 3.83. The second kappa shape index (κ2) is 7.84. The number of piperidine rings is 1. The standard InChI is InChI=1S/C22H24N4O2/c1-16(27)24-19-8-6-18(7-9-19)22(28)25-12-10-17(11-13-25)14-26-15-23-20-4-2-3-5-21(20)26/h2-9,15,17H,10-14H2,1H3,(H,24,27). The molecule has 0 aliphatic carbocycles. The summed E-state index contributed by atoms with van der Waals surface area (Å²) >= 11 is 0. The third kappa shape index (κ3) is 3.91. The molecule has 4 rings (SSSR count). The molecule has 0 radical (unpaired) electrons. The highest BCUT2D eigenvalue weighted by Gasteiger charge is 2.24. The van der Waals surface area contributed by atoms with Crippen LogP contribution in [-0.2, 0) is 11.3 Å². The lowest BCUT2D eigenvalue weighted by molar-refractivity contribution is -0.114. The van der Waals surface area contributed by atoms with Gasteiger partial charge in [0.25, 0.3) is 5.91 Å². The number of carbonyl (C=O) groups excluding carboxylic acids is 2. The smallest absolute Gasteiger partial charge is 0.253 e. The van der Waals surface area contributed by atoms with E-state index in [-0.39, 0.29) is 11.8 Å². The Morgan fingerprint density at radius 3 is 2.50 bits per heavy atom. The number of carbonyl (C=O) groups is 2. The van der Waals surface area contributed by atoms with Crippen LogP contribution in [0.15, 0.2) is 54.9 Å². The van der Waals surface area contributed by atoms with Crippen LogP contribution in [-0.4, -0.2) is 39.4 Å². The van der Waals surface area contributed by atoms with Crippen molar-refractivity contribution < 1.29 is 9.59 Å². The van der Waals surface area contributed by atoms with Gasteiger partial charge >= 0.3 is 0 Å². The number of anilines is 1. The van der Waals surface area contributed by atoms with Gasteiger partial charge in [0.2, 0.25) is 5.91 Å². The first kappa shape index (κ1) is 18.2. The Labute approximate surface area is 164 Å². The molecule has 1 fully saturated rings. The zero-order valence-electron chi connectivity index (χ0n) is 16.0. The number of rotatable bonds is 4. The molecule has 144 valence electrons. The van der Waals surface area contributed by atoms with Crippen molar-refractivity contribution in [3.05, 3.63) is 60.4 Å². The van der Waals surface area contributed by atoms with Crippen molar-refractivity contribution in [2.45, 2.75) is 26.3 Å². The Hall–Kier alpha value is -3.15. The summed E-state index contributed by atoms with van der Waals surface area (Å²) in [5.74, 6) is 0.483. The molecule has 1 saturated heterocycles. The Balaban J connectivity index is 1.34. The van der Waals surface area contributed by atoms with E-state index in [2.05, 4.69) is 20.9 Å². The largest absolute Gasteiger partial charge is 0.339 e. The molecule has 1 aliphatic rings. The van der Waals surface area contributed by atoms with Gasteiger partial charge in [0, 0.05) is 37.8 Å². The first-order chi connectivity index (χ1) is 13.6. The monoisotopic (exact) mass is 376 g/mol. The number of hydrogen-bond acceptors (Lipinski definition) is 3. The van der Waals surface area contributed by atoms with Gasteiger partial charge in [0.05, 0.1) is 17.4 Å². The summed E-state index contributed by atoms with van der Waals surface area (Å²) < 4.78 is 2.22. The van der Waals surface area contributed by atoms with Crippen LogP contribution in [0, 0.1) is 5.92 Å². The minimum absolute atomic E-state index is 0.0564. The Bertz CT molecular complexity index is 985. The SMILES string of the molecule is CC(=O)Nc1ccc(C(=O)N2CCC(Cn3cnc4ccccc43)CC2)cc1. The minimum atomic E-state index is -0.119. The van der Waals surface area contributed by atoms with Gasteiger partial charge in [-0.25, -0.2) is 4.98 Å². The van der Waals surface area contributed by atoms with Crippen molar-refractivity contribution in [1.82, 2.24) is 14.5 Å². The molecule has 2 heterocycles. The number of aromatic nitrogens is 2. The number of fused-ring (bicyclic) bond motifs is 1. The average Bonchev–Trinajstić information content (AvgIpc) is 3.11. The highest BCUT2D eigenvalue weighted by Crippen LogP contribution is 2.23. The maximum atomic E-state index is 12.8. The molecular formula is C22H24N4O2. The van der Waals surface area contributed by atoms with Crippen molar-refractivity contribution in [2.24, 2.45) is 5.92 Å². The number of benzene rings is 2. The first-order valence-corrected chi connectivity index (χ1v) is 9.67. The van der Waals surface area contributed by atoms with Crippen LogP contribution in [0.1, 0.15) is 30.1 Å². The van der Waals surface area contributed by atoms with Gasteiger partial charge in [-0.2, -0.15) is 0 Å². The third-order valence-electron chi connectivity index (χ3n) is 5.34. The number of para-hydroxylation sites is 2. The van der Waals surface area contributed by atoms with Crippen LogP contribution in [0.2, 0.25) is 0 Å². The molecule has 2 amide bonds. The molecule has 3 aromatic rings. The van der Waals surface area contributed by atoms with Crippen LogP contribution in [0.3, 0.4) is 0 Å². The molecule has 6 heteroatoms. The number of nitrogens with one attached hydrogen (secondary N) is 1. The molecule has 28 heavy (non-hydrogen) atoms. The van der Waals surface area contributed by atoms with E-state index in [1.54, 1.807) is 24.3 Å². The number of imidazole rings is 1. The second-order valence-electron chi connectivity index (χ2n) is 7.38. The quantitative estimate of drug-likeness (QED) is 0.757. The van der Waals surface area contributed by atoms with Crippen LogP contribution in [0.5, 0.6) is 0 Å². The van der Waals surface area contributed by atoms with Crippen LogP contribution in [0.4, 0.5) is 5.69 Å². The molecule has 0 unspecified atom stereocenters. The molecule has 1 N–H and O–H groups in total. The van der Waals surface area contributed by atoms with Crippen LogP contribution >= 0.6 is 0 Å². The van der Waals surface area contributed by atoms with Crippen molar-refractivity contribution in [1.29, 1.82) is 0 Å². The van der Waals surface area contributed by atoms with Gasteiger partial charge in [-0.3, -0.25) is 9.59 Å². The highest BCUT2D eigenvalue weighted by molar-refractivity contribution is 5.95. The number of likely N-dealkylation sites (tertiary alicyclic amines) is 1. The number of hydrogen-bond donors (Lipinski definition) is 1.